The molecule has 1 amide bonds. The molecule has 1 aromatic rings. The molecule has 1 saturated heterocycles. The van der Waals surface area contributed by atoms with Gasteiger partial charge in [-0.05, 0) is 50.2 Å². The van der Waals surface area contributed by atoms with Crippen molar-refractivity contribution in [3.05, 3.63) is 29.3 Å². The zero-order valence-electron chi connectivity index (χ0n) is 12.6. The first kappa shape index (κ1) is 19.6. The molecule has 2 N–H and O–H groups in total. The Labute approximate surface area is 147 Å². The molecule has 0 bridgehead atoms. The Morgan fingerprint density at radius 3 is 2.59 bits per heavy atom. The number of methoxy groups -OCH3 is 1. The molecule has 0 spiro atoms. The Bertz CT molecular complexity index is 465. The first-order valence-corrected chi connectivity index (χ1v) is 8.45. The third-order valence-corrected chi connectivity index (χ3v) is 4.95. The van der Waals surface area contributed by atoms with Gasteiger partial charge in [-0.15, -0.1) is 24.2 Å². The van der Waals surface area contributed by atoms with E-state index in [0.717, 1.165) is 41.6 Å². The standard InChI is InChI=1S/C15H21ClN2O2S.ClH/c1-20-15(6-8-17-9-7-15)14(19)18-10-11-21-13-4-2-12(16)3-5-13;/h2-5,17H,6-11H2,1H3,(H,18,19);1H. The lowest BCUT2D eigenvalue weighted by molar-refractivity contribution is -0.146. The van der Waals surface area contributed by atoms with Gasteiger partial charge in [-0.2, -0.15) is 0 Å². The van der Waals surface area contributed by atoms with Gasteiger partial charge in [0.25, 0.3) is 5.91 Å². The van der Waals surface area contributed by atoms with E-state index < -0.39 is 5.60 Å². The van der Waals surface area contributed by atoms with Crippen LogP contribution in [0.4, 0.5) is 0 Å². The van der Waals surface area contributed by atoms with Crippen molar-refractivity contribution in [3.63, 3.8) is 0 Å². The van der Waals surface area contributed by atoms with Gasteiger partial charge >= 0.3 is 0 Å². The van der Waals surface area contributed by atoms with E-state index in [9.17, 15) is 4.79 Å². The Morgan fingerprint density at radius 2 is 2.00 bits per heavy atom. The summed E-state index contributed by atoms with van der Waals surface area (Å²) in [5, 5.41) is 6.97. The van der Waals surface area contributed by atoms with E-state index in [-0.39, 0.29) is 18.3 Å². The largest absolute Gasteiger partial charge is 0.368 e. The normalized spacial score (nSPS) is 16.6. The SMILES string of the molecule is COC1(C(=O)NCCSc2ccc(Cl)cc2)CCNCC1.Cl. The number of benzene rings is 1. The molecule has 2 rings (SSSR count). The lowest BCUT2D eigenvalue weighted by Gasteiger charge is -2.34. The summed E-state index contributed by atoms with van der Waals surface area (Å²) in [6.07, 6.45) is 1.44. The summed E-state index contributed by atoms with van der Waals surface area (Å²) in [6, 6.07) is 7.71. The highest BCUT2D eigenvalue weighted by atomic mass is 35.5. The number of carbonyl (C=O) groups excluding carboxylic acids is 1. The maximum atomic E-state index is 12.3. The number of hydrogen-bond acceptors (Lipinski definition) is 4. The van der Waals surface area contributed by atoms with Gasteiger partial charge < -0.3 is 15.4 Å². The van der Waals surface area contributed by atoms with Gasteiger partial charge in [0.15, 0.2) is 0 Å². The number of hydrogen-bond donors (Lipinski definition) is 2. The monoisotopic (exact) mass is 364 g/mol. The van der Waals surface area contributed by atoms with Crippen molar-refractivity contribution < 1.29 is 9.53 Å². The zero-order chi connectivity index (χ0) is 15.1. The van der Waals surface area contributed by atoms with E-state index in [2.05, 4.69) is 10.6 Å². The molecular weight excluding hydrogens is 343 g/mol. The highest BCUT2D eigenvalue weighted by Gasteiger charge is 2.39. The molecule has 1 aliphatic rings. The van der Waals surface area contributed by atoms with Crippen LogP contribution in [0, 0.1) is 0 Å². The number of piperidine rings is 1. The molecule has 0 radical (unpaired) electrons. The number of amides is 1. The van der Waals surface area contributed by atoms with Gasteiger partial charge in [-0.25, -0.2) is 0 Å². The summed E-state index contributed by atoms with van der Waals surface area (Å²) in [5.41, 5.74) is -0.657. The Balaban J connectivity index is 0.00000242. The minimum Gasteiger partial charge on any atom is -0.368 e. The summed E-state index contributed by atoms with van der Waals surface area (Å²) in [4.78, 5) is 13.5. The molecule has 1 aromatic carbocycles. The number of nitrogens with one attached hydrogen (secondary N) is 2. The number of halogens is 2. The first-order chi connectivity index (χ1) is 10.2. The van der Waals surface area contributed by atoms with E-state index in [0.29, 0.717) is 6.54 Å². The second-order valence-corrected chi connectivity index (χ2v) is 6.61. The van der Waals surface area contributed by atoms with Crippen LogP contribution in [-0.4, -0.2) is 44.0 Å². The van der Waals surface area contributed by atoms with E-state index in [4.69, 9.17) is 16.3 Å². The Kier molecular flexibility index (Phi) is 8.57. The van der Waals surface area contributed by atoms with Crippen molar-refractivity contribution in [2.45, 2.75) is 23.3 Å². The van der Waals surface area contributed by atoms with Crippen molar-refractivity contribution >= 4 is 41.7 Å². The van der Waals surface area contributed by atoms with Crippen LogP contribution in [0.5, 0.6) is 0 Å². The topological polar surface area (TPSA) is 50.4 Å². The maximum Gasteiger partial charge on any atom is 0.252 e. The molecule has 0 atom stereocenters. The molecule has 1 aliphatic heterocycles. The third kappa shape index (κ3) is 5.32. The van der Waals surface area contributed by atoms with Gasteiger partial charge in [0.1, 0.15) is 5.60 Å². The summed E-state index contributed by atoms with van der Waals surface area (Å²) < 4.78 is 5.50. The van der Waals surface area contributed by atoms with Crippen molar-refractivity contribution in [1.82, 2.24) is 10.6 Å². The Hall–Kier alpha value is -0.460. The average Bonchev–Trinajstić information content (AvgIpc) is 2.53. The van der Waals surface area contributed by atoms with Gasteiger partial charge in [0, 0.05) is 29.3 Å². The van der Waals surface area contributed by atoms with Crippen molar-refractivity contribution in [1.29, 1.82) is 0 Å². The molecule has 4 nitrogen and oxygen atoms in total. The van der Waals surface area contributed by atoms with Crippen LogP contribution >= 0.6 is 35.8 Å². The molecule has 0 aliphatic carbocycles. The molecule has 22 heavy (non-hydrogen) atoms. The molecule has 0 unspecified atom stereocenters. The zero-order valence-corrected chi connectivity index (χ0v) is 15.0. The van der Waals surface area contributed by atoms with Crippen LogP contribution in [0.25, 0.3) is 0 Å². The van der Waals surface area contributed by atoms with Crippen LogP contribution < -0.4 is 10.6 Å². The molecule has 0 saturated carbocycles. The number of carbonyl (C=O) groups is 1. The first-order valence-electron chi connectivity index (χ1n) is 7.09. The molecule has 124 valence electrons. The number of rotatable bonds is 6. The van der Waals surface area contributed by atoms with E-state index in [1.807, 2.05) is 24.3 Å². The van der Waals surface area contributed by atoms with E-state index in [1.165, 1.54) is 0 Å². The second-order valence-electron chi connectivity index (χ2n) is 5.01. The fourth-order valence-electron chi connectivity index (χ4n) is 2.38. The maximum absolute atomic E-state index is 12.3. The van der Waals surface area contributed by atoms with Crippen LogP contribution in [0.1, 0.15) is 12.8 Å². The minimum atomic E-state index is -0.657. The van der Waals surface area contributed by atoms with Gasteiger partial charge in [0.05, 0.1) is 0 Å². The Morgan fingerprint density at radius 1 is 1.36 bits per heavy atom. The summed E-state index contributed by atoms with van der Waals surface area (Å²) in [5.74, 6) is 0.828. The fraction of sp³-hybridized carbons (Fsp3) is 0.533. The van der Waals surface area contributed by atoms with Crippen LogP contribution in [0.15, 0.2) is 29.2 Å². The smallest absolute Gasteiger partial charge is 0.252 e. The highest BCUT2D eigenvalue weighted by molar-refractivity contribution is 7.99. The lowest BCUT2D eigenvalue weighted by atomic mass is 9.91. The average molecular weight is 365 g/mol. The predicted molar refractivity (Wildman–Crippen MR) is 94.3 cm³/mol. The lowest BCUT2D eigenvalue weighted by Crippen LogP contribution is -2.54. The summed E-state index contributed by atoms with van der Waals surface area (Å²) >= 11 is 7.54. The van der Waals surface area contributed by atoms with E-state index in [1.54, 1.807) is 18.9 Å². The van der Waals surface area contributed by atoms with Gasteiger partial charge in [0.2, 0.25) is 0 Å². The minimum absolute atomic E-state index is 0. The molecule has 1 fully saturated rings. The predicted octanol–water partition coefficient (Wildman–Crippen LogP) is 2.74. The molecular formula is C15H22Cl2N2O2S. The van der Waals surface area contributed by atoms with E-state index >= 15 is 0 Å². The summed E-state index contributed by atoms with van der Waals surface area (Å²) in [7, 11) is 1.62. The van der Waals surface area contributed by atoms with Crippen LogP contribution in [-0.2, 0) is 9.53 Å². The quantitative estimate of drug-likeness (QED) is 0.601. The van der Waals surface area contributed by atoms with Gasteiger partial charge in [-0.3, -0.25) is 4.79 Å². The summed E-state index contributed by atoms with van der Waals surface area (Å²) in [6.45, 7) is 2.27. The van der Waals surface area contributed by atoms with Crippen molar-refractivity contribution in [2.75, 3.05) is 32.5 Å². The number of thioether (sulfide) groups is 1. The van der Waals surface area contributed by atoms with Crippen molar-refractivity contribution in [3.8, 4) is 0 Å². The third-order valence-electron chi connectivity index (χ3n) is 3.69. The van der Waals surface area contributed by atoms with Crippen LogP contribution in [0.3, 0.4) is 0 Å². The molecule has 7 heteroatoms. The van der Waals surface area contributed by atoms with Crippen molar-refractivity contribution in [2.24, 2.45) is 0 Å². The fourth-order valence-corrected chi connectivity index (χ4v) is 3.27. The molecule has 1 heterocycles. The highest BCUT2D eigenvalue weighted by Crippen LogP contribution is 2.23. The second kappa shape index (κ2) is 9.63. The van der Waals surface area contributed by atoms with Gasteiger partial charge in [-0.1, -0.05) is 11.6 Å². The van der Waals surface area contributed by atoms with Crippen LogP contribution in [0.2, 0.25) is 5.02 Å². The molecule has 0 aromatic heterocycles. The number of ether oxygens (including phenoxy) is 1.